The molecule has 1 aromatic heterocycles. The number of hydrogen-bond acceptors (Lipinski definition) is 4. The molecule has 3 rings (SSSR count). The molecule has 2 amide bonds. The van der Waals surface area contributed by atoms with E-state index in [1.54, 1.807) is 0 Å². The Labute approximate surface area is 154 Å². The Hall–Kier alpha value is -2.44. The summed E-state index contributed by atoms with van der Waals surface area (Å²) in [5, 5.41) is 5.73. The van der Waals surface area contributed by atoms with Crippen LogP contribution in [0, 0.1) is 0 Å². The van der Waals surface area contributed by atoms with Gasteiger partial charge in [-0.2, -0.15) is 0 Å². The second-order valence-corrected chi connectivity index (χ2v) is 6.61. The zero-order valence-electron chi connectivity index (χ0n) is 15.1. The van der Waals surface area contributed by atoms with Gasteiger partial charge >= 0.3 is 6.03 Å². The number of carbonyl (C=O) groups is 1. The molecular formula is C20H26N4O2. The fourth-order valence-corrected chi connectivity index (χ4v) is 2.95. The number of rotatable bonds is 6. The van der Waals surface area contributed by atoms with Crippen LogP contribution in [-0.2, 0) is 17.6 Å². The molecule has 1 saturated heterocycles. The van der Waals surface area contributed by atoms with Gasteiger partial charge in [0.2, 0.25) is 0 Å². The maximum atomic E-state index is 12.0. The van der Waals surface area contributed by atoms with Gasteiger partial charge in [-0.15, -0.1) is 0 Å². The summed E-state index contributed by atoms with van der Waals surface area (Å²) in [5.74, 6) is 0. The number of ether oxygens (including phenoxy) is 1. The van der Waals surface area contributed by atoms with Crippen LogP contribution in [0.5, 0.6) is 0 Å². The number of hydrogen-bond donors (Lipinski definition) is 2. The van der Waals surface area contributed by atoms with E-state index in [4.69, 9.17) is 4.74 Å². The minimum atomic E-state index is -0.205. The van der Waals surface area contributed by atoms with E-state index in [9.17, 15) is 4.79 Å². The molecule has 2 heterocycles. The van der Waals surface area contributed by atoms with Crippen LogP contribution in [0.25, 0.3) is 0 Å². The molecule has 1 aromatic carbocycles. The summed E-state index contributed by atoms with van der Waals surface area (Å²) in [7, 11) is 2.06. The topological polar surface area (TPSA) is 66.5 Å². The molecule has 2 aromatic rings. The third-order valence-electron chi connectivity index (χ3n) is 4.44. The van der Waals surface area contributed by atoms with Gasteiger partial charge in [0.15, 0.2) is 0 Å². The predicted octanol–water partition coefficient (Wildman–Crippen LogP) is 2.32. The number of nitrogens with one attached hydrogen (secondary N) is 2. The standard InChI is InChI=1S/C20H26N4O2/c1-24-12-13-26-19(15-24)14-22-20(25)23-18-9-6-16(7-10-18)5-8-17-4-2-3-11-21-17/h2-4,6-7,9-11,19H,5,8,12-15H2,1H3,(H2,22,23,25)/t19-/m0/s1. The van der Waals surface area contributed by atoms with Gasteiger partial charge in [-0.3, -0.25) is 4.98 Å². The molecule has 0 radical (unpaired) electrons. The zero-order chi connectivity index (χ0) is 18.2. The summed E-state index contributed by atoms with van der Waals surface area (Å²) in [4.78, 5) is 18.6. The van der Waals surface area contributed by atoms with E-state index in [0.717, 1.165) is 37.3 Å². The van der Waals surface area contributed by atoms with E-state index in [0.29, 0.717) is 13.2 Å². The third kappa shape index (κ3) is 5.82. The average molecular weight is 354 g/mol. The summed E-state index contributed by atoms with van der Waals surface area (Å²) in [6.07, 6.45) is 3.70. The zero-order valence-corrected chi connectivity index (χ0v) is 15.1. The van der Waals surface area contributed by atoms with E-state index in [2.05, 4.69) is 27.6 Å². The summed E-state index contributed by atoms with van der Waals surface area (Å²) in [5.41, 5.74) is 3.09. The number of nitrogens with zero attached hydrogens (tertiary/aromatic N) is 2. The van der Waals surface area contributed by atoms with Crippen LogP contribution in [0.2, 0.25) is 0 Å². The normalized spacial score (nSPS) is 17.7. The maximum absolute atomic E-state index is 12.0. The highest BCUT2D eigenvalue weighted by atomic mass is 16.5. The number of aryl methyl sites for hydroxylation is 2. The van der Waals surface area contributed by atoms with Crippen molar-refractivity contribution in [3.63, 3.8) is 0 Å². The summed E-state index contributed by atoms with van der Waals surface area (Å²) >= 11 is 0. The lowest BCUT2D eigenvalue weighted by atomic mass is 10.1. The van der Waals surface area contributed by atoms with E-state index in [1.807, 2.05) is 48.7 Å². The maximum Gasteiger partial charge on any atom is 0.319 e. The van der Waals surface area contributed by atoms with Crippen molar-refractivity contribution in [3.05, 3.63) is 59.9 Å². The van der Waals surface area contributed by atoms with Crippen molar-refractivity contribution >= 4 is 11.7 Å². The van der Waals surface area contributed by atoms with Crippen molar-refractivity contribution in [2.45, 2.75) is 18.9 Å². The predicted molar refractivity (Wildman–Crippen MR) is 102 cm³/mol. The first-order valence-corrected chi connectivity index (χ1v) is 9.03. The first kappa shape index (κ1) is 18.4. The Morgan fingerprint density at radius 2 is 2.08 bits per heavy atom. The fourth-order valence-electron chi connectivity index (χ4n) is 2.95. The molecule has 0 bridgehead atoms. The van der Waals surface area contributed by atoms with E-state index < -0.39 is 0 Å². The van der Waals surface area contributed by atoms with Crippen LogP contribution in [0.1, 0.15) is 11.3 Å². The molecule has 26 heavy (non-hydrogen) atoms. The van der Waals surface area contributed by atoms with Crippen LogP contribution < -0.4 is 10.6 Å². The van der Waals surface area contributed by atoms with Crippen LogP contribution >= 0.6 is 0 Å². The molecule has 1 fully saturated rings. The number of anilines is 1. The van der Waals surface area contributed by atoms with Crippen LogP contribution in [0.4, 0.5) is 10.5 Å². The van der Waals surface area contributed by atoms with E-state index in [1.165, 1.54) is 5.56 Å². The number of urea groups is 1. The van der Waals surface area contributed by atoms with Gasteiger partial charge in [-0.1, -0.05) is 18.2 Å². The number of aromatic nitrogens is 1. The lowest BCUT2D eigenvalue weighted by Gasteiger charge is -2.30. The molecule has 6 nitrogen and oxygen atoms in total. The molecule has 6 heteroatoms. The van der Waals surface area contributed by atoms with Gasteiger partial charge in [-0.05, 0) is 49.7 Å². The van der Waals surface area contributed by atoms with Crippen molar-refractivity contribution in [1.29, 1.82) is 0 Å². The SMILES string of the molecule is CN1CCO[C@@H](CNC(=O)Nc2ccc(CCc3ccccn3)cc2)C1. The van der Waals surface area contributed by atoms with Crippen LogP contribution in [-0.4, -0.2) is 55.3 Å². The second-order valence-electron chi connectivity index (χ2n) is 6.61. The van der Waals surface area contributed by atoms with Crippen LogP contribution in [0.3, 0.4) is 0 Å². The monoisotopic (exact) mass is 354 g/mol. The molecule has 1 atom stereocenters. The molecule has 1 aliphatic rings. The van der Waals surface area contributed by atoms with Crippen molar-refractivity contribution in [1.82, 2.24) is 15.2 Å². The van der Waals surface area contributed by atoms with Crippen LogP contribution in [0.15, 0.2) is 48.7 Å². The lowest BCUT2D eigenvalue weighted by molar-refractivity contribution is -0.0166. The number of amides is 2. The highest BCUT2D eigenvalue weighted by molar-refractivity contribution is 5.89. The minimum Gasteiger partial charge on any atom is -0.374 e. The van der Waals surface area contributed by atoms with Crippen molar-refractivity contribution in [2.24, 2.45) is 0 Å². The fraction of sp³-hybridized carbons (Fsp3) is 0.400. The Morgan fingerprint density at radius 3 is 2.81 bits per heavy atom. The van der Waals surface area contributed by atoms with E-state index in [-0.39, 0.29) is 12.1 Å². The summed E-state index contributed by atoms with van der Waals surface area (Å²) in [6.45, 7) is 3.00. The largest absolute Gasteiger partial charge is 0.374 e. The molecule has 0 unspecified atom stereocenters. The Morgan fingerprint density at radius 1 is 1.23 bits per heavy atom. The van der Waals surface area contributed by atoms with E-state index >= 15 is 0 Å². The molecule has 2 N–H and O–H groups in total. The number of morpholine rings is 1. The Bertz CT molecular complexity index is 691. The number of pyridine rings is 1. The molecule has 0 aliphatic carbocycles. The number of benzene rings is 1. The molecule has 0 saturated carbocycles. The highest BCUT2D eigenvalue weighted by Crippen LogP contribution is 2.12. The quantitative estimate of drug-likeness (QED) is 0.835. The van der Waals surface area contributed by atoms with Crippen molar-refractivity contribution in [2.75, 3.05) is 38.6 Å². The Kier molecular flexibility index (Phi) is 6.57. The van der Waals surface area contributed by atoms with Gasteiger partial charge in [0, 0.05) is 37.2 Å². The first-order chi connectivity index (χ1) is 12.7. The van der Waals surface area contributed by atoms with Crippen molar-refractivity contribution < 1.29 is 9.53 Å². The van der Waals surface area contributed by atoms with Gasteiger partial charge in [-0.25, -0.2) is 4.79 Å². The average Bonchev–Trinajstić information content (AvgIpc) is 2.67. The van der Waals surface area contributed by atoms with Gasteiger partial charge in [0.1, 0.15) is 0 Å². The van der Waals surface area contributed by atoms with Crippen molar-refractivity contribution in [3.8, 4) is 0 Å². The highest BCUT2D eigenvalue weighted by Gasteiger charge is 2.18. The summed E-state index contributed by atoms with van der Waals surface area (Å²) in [6, 6.07) is 13.7. The smallest absolute Gasteiger partial charge is 0.319 e. The molecular weight excluding hydrogens is 328 g/mol. The summed E-state index contributed by atoms with van der Waals surface area (Å²) < 4.78 is 5.64. The third-order valence-corrected chi connectivity index (χ3v) is 4.44. The van der Waals surface area contributed by atoms with Gasteiger partial charge in [0.05, 0.1) is 12.7 Å². The number of carbonyl (C=O) groups excluding carboxylic acids is 1. The minimum absolute atomic E-state index is 0.0495. The molecule has 1 aliphatic heterocycles. The Balaban J connectivity index is 1.41. The first-order valence-electron chi connectivity index (χ1n) is 9.03. The second kappa shape index (κ2) is 9.31. The molecule has 138 valence electrons. The lowest BCUT2D eigenvalue weighted by Crippen LogP contribution is -2.46. The van der Waals surface area contributed by atoms with Gasteiger partial charge < -0.3 is 20.3 Å². The number of likely N-dealkylation sites (N-methyl/N-ethyl adjacent to an activating group) is 1. The van der Waals surface area contributed by atoms with Gasteiger partial charge in [0.25, 0.3) is 0 Å². The molecule has 0 spiro atoms.